The quantitative estimate of drug-likeness (QED) is 0.162. The van der Waals surface area contributed by atoms with Crippen LogP contribution >= 0.6 is 24.2 Å². The Morgan fingerprint density at radius 3 is 2.25 bits per heavy atom. The summed E-state index contributed by atoms with van der Waals surface area (Å²) >= 11 is 1.49. The Morgan fingerprint density at radius 1 is 0.955 bits per heavy atom. The predicted octanol–water partition coefficient (Wildman–Crippen LogP) is 0.841. The molecule has 1 heterocycles. The molecule has 0 spiro atoms. The van der Waals surface area contributed by atoms with Crippen molar-refractivity contribution in [1.29, 1.82) is 0 Å². The van der Waals surface area contributed by atoms with Crippen molar-refractivity contribution in [2.75, 3.05) is 25.1 Å². The smallest absolute Gasteiger partial charge is 0.326 e. The zero-order valence-electron chi connectivity index (χ0n) is 24.4. The molecule has 44 heavy (non-hydrogen) atoms. The number of aliphatic carboxylic acids is 1. The van der Waals surface area contributed by atoms with Crippen molar-refractivity contribution >= 4 is 53.8 Å². The third-order valence-electron chi connectivity index (χ3n) is 7.13. The number of amides is 4. The van der Waals surface area contributed by atoms with E-state index in [1.807, 2.05) is 12.3 Å². The maximum Gasteiger partial charge on any atom is 0.326 e. The average Bonchev–Trinajstić information content (AvgIpc) is 3.49. The number of phenols is 1. The first-order valence-corrected chi connectivity index (χ1v) is 15.5. The fourth-order valence-corrected chi connectivity index (χ4v) is 5.31. The minimum absolute atomic E-state index is 0. The van der Waals surface area contributed by atoms with Crippen LogP contribution in [0.5, 0.6) is 5.75 Å². The van der Waals surface area contributed by atoms with Gasteiger partial charge in [-0.2, -0.15) is 11.8 Å². The lowest BCUT2D eigenvalue weighted by atomic mass is 10.0. The Kier molecular flexibility index (Phi) is 15.0. The van der Waals surface area contributed by atoms with Crippen LogP contribution in [0.1, 0.15) is 30.4 Å². The second kappa shape index (κ2) is 18.1. The van der Waals surface area contributed by atoms with Crippen LogP contribution in [0.25, 0.3) is 0 Å². The van der Waals surface area contributed by atoms with Crippen LogP contribution in [0.4, 0.5) is 0 Å². The number of benzene rings is 2. The number of halogens is 1. The predicted molar refractivity (Wildman–Crippen MR) is 169 cm³/mol. The highest BCUT2D eigenvalue weighted by Crippen LogP contribution is 2.20. The van der Waals surface area contributed by atoms with E-state index in [1.54, 1.807) is 36.4 Å². The zero-order valence-corrected chi connectivity index (χ0v) is 26.1. The number of carboxylic acid groups (broad SMARTS) is 1. The summed E-state index contributed by atoms with van der Waals surface area (Å²) in [7, 11) is 0. The monoisotopic (exact) mass is 649 g/mol. The van der Waals surface area contributed by atoms with Crippen molar-refractivity contribution in [1.82, 2.24) is 20.9 Å². The van der Waals surface area contributed by atoms with E-state index in [0.29, 0.717) is 25.0 Å². The summed E-state index contributed by atoms with van der Waals surface area (Å²) in [4.78, 5) is 65.1. The second-order valence-electron chi connectivity index (χ2n) is 10.4. The number of hydrogen-bond acceptors (Lipinski definition) is 8. The first kappa shape index (κ1) is 36.4. The Bertz CT molecular complexity index is 1270. The molecule has 1 saturated heterocycles. The lowest BCUT2D eigenvalue weighted by molar-refractivity contribution is -0.149. The molecule has 2 aromatic rings. The maximum absolute atomic E-state index is 13.4. The van der Waals surface area contributed by atoms with Gasteiger partial charge in [-0.25, -0.2) is 4.79 Å². The topological polar surface area (TPSA) is 191 Å². The SMILES string of the molecule is CSCC[C@@H](NC(=O)[C@@H](N)Cc1ccc(O)cc1)C(=O)NCC(=O)N[C@@H](Cc1ccccc1)C(=O)N1CCC[C@H]1C(=O)O.Cl. The highest BCUT2D eigenvalue weighted by atomic mass is 35.5. The Hall–Kier alpha value is -3.81. The number of carbonyl (C=O) groups is 5. The molecule has 1 aliphatic rings. The second-order valence-corrected chi connectivity index (χ2v) is 11.4. The molecule has 0 bridgehead atoms. The van der Waals surface area contributed by atoms with Gasteiger partial charge in [0.25, 0.3) is 0 Å². The molecule has 12 nitrogen and oxygen atoms in total. The lowest BCUT2D eigenvalue weighted by Crippen LogP contribution is -2.55. The molecule has 0 unspecified atom stereocenters. The largest absolute Gasteiger partial charge is 0.508 e. The third kappa shape index (κ3) is 11.0. The maximum atomic E-state index is 13.4. The van der Waals surface area contributed by atoms with Gasteiger partial charge in [-0.15, -0.1) is 12.4 Å². The number of hydrogen-bond donors (Lipinski definition) is 6. The molecular weight excluding hydrogens is 610 g/mol. The molecule has 1 fully saturated rings. The van der Waals surface area contributed by atoms with E-state index in [2.05, 4.69) is 16.0 Å². The summed E-state index contributed by atoms with van der Waals surface area (Å²) in [6.07, 6.45) is 3.39. The summed E-state index contributed by atoms with van der Waals surface area (Å²) in [5.74, 6) is -2.68. The highest BCUT2D eigenvalue weighted by Gasteiger charge is 2.37. The van der Waals surface area contributed by atoms with Gasteiger partial charge in [-0.1, -0.05) is 42.5 Å². The van der Waals surface area contributed by atoms with Gasteiger partial charge >= 0.3 is 5.97 Å². The molecule has 7 N–H and O–H groups in total. The molecule has 0 aromatic heterocycles. The van der Waals surface area contributed by atoms with Gasteiger partial charge in [0.2, 0.25) is 23.6 Å². The van der Waals surface area contributed by atoms with Gasteiger partial charge in [0.15, 0.2) is 0 Å². The van der Waals surface area contributed by atoms with E-state index >= 15 is 0 Å². The molecule has 240 valence electrons. The van der Waals surface area contributed by atoms with Gasteiger partial charge in [0, 0.05) is 13.0 Å². The van der Waals surface area contributed by atoms with E-state index in [1.165, 1.54) is 28.8 Å². The van der Waals surface area contributed by atoms with Crippen molar-refractivity contribution < 1.29 is 34.2 Å². The minimum atomic E-state index is -1.09. The first-order chi connectivity index (χ1) is 20.6. The average molecular weight is 650 g/mol. The van der Waals surface area contributed by atoms with Crippen molar-refractivity contribution in [2.45, 2.75) is 56.3 Å². The molecule has 1 aliphatic heterocycles. The molecule has 0 aliphatic carbocycles. The summed E-state index contributed by atoms with van der Waals surface area (Å²) in [5, 5.41) is 26.9. The van der Waals surface area contributed by atoms with Gasteiger partial charge in [-0.05, 0) is 61.0 Å². The molecule has 0 radical (unpaired) electrons. The summed E-state index contributed by atoms with van der Waals surface area (Å²) in [5.41, 5.74) is 7.58. The van der Waals surface area contributed by atoms with Crippen LogP contribution in [-0.2, 0) is 36.8 Å². The van der Waals surface area contributed by atoms with Crippen molar-refractivity contribution in [3.05, 3.63) is 65.7 Å². The lowest BCUT2D eigenvalue weighted by Gasteiger charge is -2.27. The number of nitrogens with two attached hydrogens (primary N) is 1. The van der Waals surface area contributed by atoms with Crippen LogP contribution in [-0.4, -0.2) is 94.0 Å². The number of nitrogens with one attached hydrogen (secondary N) is 3. The van der Waals surface area contributed by atoms with Crippen LogP contribution in [0.15, 0.2) is 54.6 Å². The number of phenolic OH excluding ortho intramolecular Hbond substituents is 1. The number of likely N-dealkylation sites (tertiary alicyclic amines) is 1. The summed E-state index contributed by atoms with van der Waals surface area (Å²) in [6, 6.07) is 11.5. The van der Waals surface area contributed by atoms with Gasteiger partial charge in [0.1, 0.15) is 23.9 Å². The molecule has 2 aromatic carbocycles. The summed E-state index contributed by atoms with van der Waals surface area (Å²) in [6.45, 7) is -0.176. The number of carbonyl (C=O) groups excluding carboxylic acids is 4. The number of aromatic hydroxyl groups is 1. The first-order valence-electron chi connectivity index (χ1n) is 14.1. The van der Waals surface area contributed by atoms with Crippen LogP contribution in [0.3, 0.4) is 0 Å². The van der Waals surface area contributed by atoms with Crippen LogP contribution in [0, 0.1) is 0 Å². The normalized spacial score (nSPS) is 16.1. The fourth-order valence-electron chi connectivity index (χ4n) is 4.84. The Labute approximate surface area is 266 Å². The summed E-state index contributed by atoms with van der Waals surface area (Å²) < 4.78 is 0. The number of rotatable bonds is 15. The van der Waals surface area contributed by atoms with Crippen molar-refractivity contribution in [3.8, 4) is 5.75 Å². The standard InChI is InChI=1S/C30H39N5O7S.ClH/c1-43-15-13-23(34-27(38)22(31)16-20-9-11-21(36)12-10-20)28(39)32-18-26(37)33-24(17-19-6-3-2-4-7-19)29(40)35-14-5-8-25(35)30(41)42;/h2-4,6-7,9-12,22-25,36H,5,8,13-18,31H2,1H3,(H,32,39)(H,33,37)(H,34,38)(H,41,42);1H/t22-,23+,24-,25-;/m0./s1. The zero-order chi connectivity index (χ0) is 31.4. The molecule has 4 atom stereocenters. The van der Waals surface area contributed by atoms with Crippen molar-refractivity contribution in [3.63, 3.8) is 0 Å². The van der Waals surface area contributed by atoms with Crippen LogP contribution < -0.4 is 21.7 Å². The van der Waals surface area contributed by atoms with E-state index in [4.69, 9.17) is 5.73 Å². The number of nitrogens with zero attached hydrogens (tertiary/aromatic N) is 1. The molecule has 14 heteroatoms. The fraction of sp³-hybridized carbons (Fsp3) is 0.433. The minimum Gasteiger partial charge on any atom is -0.508 e. The van der Waals surface area contributed by atoms with Gasteiger partial charge in [-0.3, -0.25) is 19.2 Å². The van der Waals surface area contributed by atoms with Crippen molar-refractivity contribution in [2.24, 2.45) is 5.73 Å². The van der Waals surface area contributed by atoms with Gasteiger partial charge in [0.05, 0.1) is 12.6 Å². The number of thioether (sulfide) groups is 1. The van der Waals surface area contributed by atoms with Gasteiger partial charge < -0.3 is 36.8 Å². The third-order valence-corrected chi connectivity index (χ3v) is 7.78. The molecular formula is C30H40ClN5O7S. The molecule has 4 amide bonds. The molecule has 0 saturated carbocycles. The van der Waals surface area contributed by atoms with E-state index in [0.717, 1.165) is 11.1 Å². The highest BCUT2D eigenvalue weighted by molar-refractivity contribution is 7.98. The van der Waals surface area contributed by atoms with E-state index < -0.39 is 60.3 Å². The Balaban J connectivity index is 0.00000675. The van der Waals surface area contributed by atoms with Crippen LogP contribution in [0.2, 0.25) is 0 Å². The molecule has 3 rings (SSSR count). The van der Waals surface area contributed by atoms with E-state index in [-0.39, 0.29) is 37.5 Å². The number of carboxylic acids is 1. The Morgan fingerprint density at radius 2 is 1.61 bits per heavy atom. The van der Waals surface area contributed by atoms with E-state index in [9.17, 15) is 34.2 Å².